The highest BCUT2D eigenvalue weighted by Gasteiger charge is 2.35. The molecule has 0 bridgehead atoms. The van der Waals surface area contributed by atoms with Crippen molar-refractivity contribution >= 4 is 38.5 Å². The summed E-state index contributed by atoms with van der Waals surface area (Å²) in [6, 6.07) is 2.30. The van der Waals surface area contributed by atoms with Crippen LogP contribution in [0.3, 0.4) is 0 Å². The maximum Gasteiger partial charge on any atom is 0.451 e. The summed E-state index contributed by atoms with van der Waals surface area (Å²) >= 11 is 3.49. The summed E-state index contributed by atoms with van der Waals surface area (Å²) in [5.74, 6) is -2.84. The predicted molar refractivity (Wildman–Crippen MR) is 128 cm³/mol. The molecule has 4 rings (SSSR count). The van der Waals surface area contributed by atoms with Crippen molar-refractivity contribution in [2.75, 3.05) is 11.1 Å². The second kappa shape index (κ2) is 10.2. The van der Waals surface area contributed by atoms with Crippen molar-refractivity contribution in [3.05, 3.63) is 70.9 Å². The first-order valence-electron chi connectivity index (χ1n) is 10.5. The fraction of sp³-hybridized carbons (Fsp3) is 0.182. The predicted octanol–water partition coefficient (Wildman–Crippen LogP) is 6.47. The molecule has 9 nitrogen and oxygen atoms in total. The van der Waals surface area contributed by atoms with Gasteiger partial charge in [0.15, 0.2) is 0 Å². The molecule has 0 aliphatic carbocycles. The van der Waals surface area contributed by atoms with Crippen molar-refractivity contribution in [3.8, 4) is 11.1 Å². The van der Waals surface area contributed by atoms with Gasteiger partial charge in [-0.1, -0.05) is 6.92 Å². The number of nitrogen functional groups attached to an aromatic ring is 1. The molecule has 192 valence electrons. The Balaban J connectivity index is 1.85. The van der Waals surface area contributed by atoms with E-state index >= 15 is 0 Å². The van der Waals surface area contributed by atoms with E-state index in [0.29, 0.717) is 33.7 Å². The number of halogens is 6. The summed E-state index contributed by atoms with van der Waals surface area (Å²) in [6.45, 7) is 1.80. The molecule has 3 heterocycles. The number of benzene rings is 1. The van der Waals surface area contributed by atoms with Crippen LogP contribution in [-0.2, 0) is 6.18 Å². The fourth-order valence-corrected chi connectivity index (χ4v) is 4.61. The molecule has 0 aliphatic rings. The lowest BCUT2D eigenvalue weighted by Gasteiger charge is -2.19. The molecule has 1 atom stereocenters. The Kier molecular flexibility index (Phi) is 7.16. The summed E-state index contributed by atoms with van der Waals surface area (Å²) in [5.41, 5.74) is 14.8. The summed E-state index contributed by atoms with van der Waals surface area (Å²) in [6.07, 6.45) is 0.173. The van der Waals surface area contributed by atoms with Crippen LogP contribution in [0.5, 0.6) is 0 Å². The van der Waals surface area contributed by atoms with E-state index in [0.717, 1.165) is 18.5 Å². The van der Waals surface area contributed by atoms with E-state index in [-0.39, 0.29) is 22.8 Å². The fourth-order valence-electron chi connectivity index (χ4n) is 3.77. The molecule has 0 fully saturated rings. The number of allylic oxidation sites excluding steroid dienone is 1. The van der Waals surface area contributed by atoms with Crippen LogP contribution >= 0.6 is 15.9 Å². The lowest BCUT2D eigenvalue weighted by molar-refractivity contribution is -0.144. The molecule has 37 heavy (non-hydrogen) atoms. The highest BCUT2D eigenvalue weighted by Crippen LogP contribution is 2.43. The Morgan fingerprint density at radius 1 is 1.22 bits per heavy atom. The Morgan fingerprint density at radius 3 is 2.51 bits per heavy atom. The summed E-state index contributed by atoms with van der Waals surface area (Å²) in [5, 5.41) is 6.58. The van der Waals surface area contributed by atoms with Gasteiger partial charge in [0.1, 0.15) is 35.1 Å². The second-order valence-corrected chi connectivity index (χ2v) is 8.41. The van der Waals surface area contributed by atoms with Crippen LogP contribution in [-0.4, -0.2) is 24.5 Å². The standard InChI is InChI=1S/C22H17BrF5N9/c1-2-15(14(36-30)8-31-13-4-3-11(24)5-12(13)25)37-18(23)16(17-19(29)34-9-35-20(17)37)10-6-32-21(33-7-10)22(26,27)28/h3-9,15,30-31H,2H2,1H3,(H2,29,34,35)/b14-8-,36-30?. The highest BCUT2D eigenvalue weighted by molar-refractivity contribution is 9.10. The van der Waals surface area contributed by atoms with Crippen molar-refractivity contribution in [1.29, 1.82) is 5.53 Å². The quantitative estimate of drug-likeness (QED) is 0.169. The van der Waals surface area contributed by atoms with E-state index in [9.17, 15) is 22.0 Å². The van der Waals surface area contributed by atoms with Gasteiger partial charge in [-0.05, 0) is 34.5 Å². The SMILES string of the molecule is CCC(/C(=C/Nc1ccc(F)cc1F)N=N)n1c(Br)c(-c2cnc(C(F)(F)F)nc2)c2c(N)ncnc21. The van der Waals surface area contributed by atoms with Gasteiger partial charge in [-0.3, -0.25) is 0 Å². The Labute approximate surface area is 214 Å². The van der Waals surface area contributed by atoms with Crippen LogP contribution in [0.25, 0.3) is 22.2 Å². The zero-order valence-corrected chi connectivity index (χ0v) is 20.4. The molecule has 0 saturated carbocycles. The first-order valence-corrected chi connectivity index (χ1v) is 11.3. The average Bonchev–Trinajstić information content (AvgIpc) is 3.15. The van der Waals surface area contributed by atoms with Gasteiger partial charge < -0.3 is 15.6 Å². The van der Waals surface area contributed by atoms with Crippen molar-refractivity contribution in [1.82, 2.24) is 24.5 Å². The second-order valence-electron chi connectivity index (χ2n) is 7.66. The Bertz CT molecular complexity index is 1500. The highest BCUT2D eigenvalue weighted by atomic mass is 79.9. The topological polar surface area (TPSA) is 131 Å². The van der Waals surface area contributed by atoms with Crippen LogP contribution in [0, 0.1) is 17.2 Å². The third kappa shape index (κ3) is 4.98. The number of rotatable bonds is 7. The lowest BCUT2D eigenvalue weighted by atomic mass is 10.1. The molecule has 4 aromatic rings. The molecule has 0 amide bonds. The van der Waals surface area contributed by atoms with Crippen LogP contribution in [0.1, 0.15) is 25.2 Å². The third-order valence-corrected chi connectivity index (χ3v) is 6.20. The maximum atomic E-state index is 14.1. The van der Waals surface area contributed by atoms with Crippen molar-refractivity contribution in [3.63, 3.8) is 0 Å². The number of anilines is 2. The number of hydrogen-bond donors (Lipinski definition) is 3. The largest absolute Gasteiger partial charge is 0.451 e. The van der Waals surface area contributed by atoms with Crippen molar-refractivity contribution in [2.45, 2.75) is 25.6 Å². The van der Waals surface area contributed by atoms with Crippen LogP contribution in [0.4, 0.5) is 33.5 Å². The van der Waals surface area contributed by atoms with Gasteiger partial charge in [-0.2, -0.15) is 18.3 Å². The summed E-state index contributed by atoms with van der Waals surface area (Å²) in [4.78, 5) is 15.2. The van der Waals surface area contributed by atoms with E-state index in [1.807, 2.05) is 0 Å². The molecular formula is C22H17BrF5N9. The number of nitrogens with two attached hydrogens (primary N) is 1. The molecule has 0 radical (unpaired) electrons. The molecule has 0 saturated heterocycles. The van der Waals surface area contributed by atoms with E-state index in [1.54, 1.807) is 11.5 Å². The summed E-state index contributed by atoms with van der Waals surface area (Å²) < 4.78 is 68.2. The Hall–Kier alpha value is -4.01. The molecule has 0 aliphatic heterocycles. The van der Waals surface area contributed by atoms with Gasteiger partial charge in [0.2, 0.25) is 5.82 Å². The molecule has 1 unspecified atom stereocenters. The first kappa shape index (κ1) is 26.1. The van der Waals surface area contributed by atoms with Crippen molar-refractivity contribution < 1.29 is 22.0 Å². The zero-order valence-electron chi connectivity index (χ0n) is 18.9. The number of nitrogens with zero attached hydrogens (tertiary/aromatic N) is 6. The number of fused-ring (bicyclic) bond motifs is 1. The minimum Gasteiger partial charge on any atom is -0.383 e. The van der Waals surface area contributed by atoms with Gasteiger partial charge in [0.25, 0.3) is 0 Å². The lowest BCUT2D eigenvalue weighted by Crippen LogP contribution is -2.12. The molecule has 1 aromatic carbocycles. The molecule has 3 aromatic heterocycles. The smallest absolute Gasteiger partial charge is 0.383 e. The van der Waals surface area contributed by atoms with Crippen LogP contribution in [0.15, 0.2) is 58.5 Å². The van der Waals surface area contributed by atoms with Gasteiger partial charge in [0.05, 0.1) is 21.7 Å². The maximum absolute atomic E-state index is 14.1. The van der Waals surface area contributed by atoms with E-state index in [4.69, 9.17) is 11.3 Å². The minimum absolute atomic E-state index is 0.0389. The number of aromatic nitrogens is 5. The normalized spacial score (nSPS) is 13.1. The monoisotopic (exact) mass is 581 g/mol. The molecule has 15 heteroatoms. The Morgan fingerprint density at radius 2 is 1.92 bits per heavy atom. The van der Waals surface area contributed by atoms with Gasteiger partial charge in [-0.15, -0.1) is 0 Å². The first-order chi connectivity index (χ1) is 17.6. The van der Waals surface area contributed by atoms with E-state index < -0.39 is 29.7 Å². The zero-order chi connectivity index (χ0) is 26.9. The number of hydrogen-bond acceptors (Lipinski definition) is 8. The minimum atomic E-state index is -4.72. The van der Waals surface area contributed by atoms with E-state index in [2.05, 4.69) is 46.3 Å². The molecule has 4 N–H and O–H groups in total. The average molecular weight is 582 g/mol. The van der Waals surface area contributed by atoms with Crippen LogP contribution in [0.2, 0.25) is 0 Å². The van der Waals surface area contributed by atoms with Gasteiger partial charge in [-0.25, -0.2) is 34.2 Å². The van der Waals surface area contributed by atoms with Crippen LogP contribution < -0.4 is 11.1 Å². The molecular weight excluding hydrogens is 565 g/mol. The van der Waals surface area contributed by atoms with Gasteiger partial charge >= 0.3 is 6.18 Å². The van der Waals surface area contributed by atoms with E-state index in [1.165, 1.54) is 18.6 Å². The van der Waals surface area contributed by atoms with Gasteiger partial charge in [0, 0.05) is 35.8 Å². The van der Waals surface area contributed by atoms with Crippen molar-refractivity contribution in [2.24, 2.45) is 5.11 Å². The number of alkyl halides is 3. The third-order valence-electron chi connectivity index (χ3n) is 5.42. The molecule has 0 spiro atoms. The summed E-state index contributed by atoms with van der Waals surface area (Å²) in [7, 11) is 0. The number of nitrogens with one attached hydrogen (secondary N) is 2.